The molecular formula is C13H19NO4. The van der Waals surface area contributed by atoms with E-state index in [1.54, 1.807) is 46.3 Å². The third kappa shape index (κ3) is 3.29. The van der Waals surface area contributed by atoms with Gasteiger partial charge in [-0.15, -0.1) is 0 Å². The number of hydrogen-bond donors (Lipinski definition) is 2. The molecule has 0 fully saturated rings. The summed E-state index contributed by atoms with van der Waals surface area (Å²) in [5.41, 5.74) is -0.0992. The van der Waals surface area contributed by atoms with Crippen molar-refractivity contribution in [2.24, 2.45) is 5.41 Å². The summed E-state index contributed by atoms with van der Waals surface area (Å²) >= 11 is 0. The first kappa shape index (κ1) is 14.2. The summed E-state index contributed by atoms with van der Waals surface area (Å²) in [4.78, 5) is 11.0. The van der Waals surface area contributed by atoms with E-state index in [4.69, 9.17) is 14.6 Å². The Bertz CT molecular complexity index is 429. The van der Waals surface area contributed by atoms with Crippen LogP contribution in [0.4, 0.5) is 5.69 Å². The van der Waals surface area contributed by atoms with Crippen LogP contribution in [0, 0.1) is 5.41 Å². The fraction of sp³-hybridized carbons (Fsp3) is 0.462. The summed E-state index contributed by atoms with van der Waals surface area (Å²) in [7, 11) is 3.14. The highest BCUT2D eigenvalue weighted by Crippen LogP contribution is 2.30. The molecule has 0 atom stereocenters. The minimum absolute atomic E-state index is 0.311. The van der Waals surface area contributed by atoms with Gasteiger partial charge in [-0.1, -0.05) is 0 Å². The van der Waals surface area contributed by atoms with Gasteiger partial charge in [-0.05, 0) is 26.0 Å². The molecule has 18 heavy (non-hydrogen) atoms. The number of aliphatic carboxylic acids is 1. The Hall–Kier alpha value is -1.91. The monoisotopic (exact) mass is 253 g/mol. The van der Waals surface area contributed by atoms with Gasteiger partial charge in [-0.3, -0.25) is 4.79 Å². The number of carboxylic acid groups (broad SMARTS) is 1. The van der Waals surface area contributed by atoms with Crippen LogP contribution in [0.15, 0.2) is 18.2 Å². The van der Waals surface area contributed by atoms with Crippen LogP contribution < -0.4 is 14.8 Å². The number of hydrogen-bond acceptors (Lipinski definition) is 4. The van der Waals surface area contributed by atoms with Crippen molar-refractivity contribution in [3.05, 3.63) is 18.2 Å². The zero-order valence-electron chi connectivity index (χ0n) is 11.1. The maximum atomic E-state index is 11.0. The number of rotatable bonds is 6. The number of anilines is 1. The van der Waals surface area contributed by atoms with Crippen molar-refractivity contribution in [1.82, 2.24) is 0 Å². The quantitative estimate of drug-likeness (QED) is 0.813. The molecule has 0 aliphatic rings. The van der Waals surface area contributed by atoms with Gasteiger partial charge in [0.25, 0.3) is 0 Å². The van der Waals surface area contributed by atoms with E-state index in [-0.39, 0.29) is 0 Å². The highest BCUT2D eigenvalue weighted by Gasteiger charge is 2.27. The van der Waals surface area contributed by atoms with E-state index < -0.39 is 11.4 Å². The molecule has 2 N–H and O–H groups in total. The van der Waals surface area contributed by atoms with Crippen molar-refractivity contribution < 1.29 is 19.4 Å². The Morgan fingerprint density at radius 1 is 1.33 bits per heavy atom. The van der Waals surface area contributed by atoms with Crippen LogP contribution in [0.1, 0.15) is 13.8 Å². The SMILES string of the molecule is COc1ccc(NCC(C)(C)C(=O)O)c(OC)c1. The molecule has 0 spiro atoms. The van der Waals surface area contributed by atoms with E-state index in [9.17, 15) is 4.79 Å². The summed E-state index contributed by atoms with van der Waals surface area (Å²) in [5.74, 6) is 0.466. The second-order valence-corrected chi connectivity index (χ2v) is 4.61. The number of ether oxygens (including phenoxy) is 2. The molecule has 1 aromatic carbocycles. The first-order valence-corrected chi connectivity index (χ1v) is 5.60. The summed E-state index contributed by atoms with van der Waals surface area (Å²) in [6, 6.07) is 5.34. The molecule has 0 unspecified atom stereocenters. The minimum atomic E-state index is -0.845. The van der Waals surface area contributed by atoms with E-state index in [0.29, 0.717) is 18.0 Å². The molecule has 0 radical (unpaired) electrons. The van der Waals surface area contributed by atoms with E-state index in [1.165, 1.54) is 0 Å². The lowest BCUT2D eigenvalue weighted by Gasteiger charge is -2.21. The van der Waals surface area contributed by atoms with Gasteiger partial charge in [0, 0.05) is 12.6 Å². The number of carboxylic acids is 1. The van der Waals surface area contributed by atoms with Gasteiger partial charge >= 0.3 is 5.97 Å². The first-order valence-electron chi connectivity index (χ1n) is 5.60. The van der Waals surface area contributed by atoms with Crippen molar-refractivity contribution in [3.8, 4) is 11.5 Å². The third-order valence-corrected chi connectivity index (χ3v) is 2.71. The molecule has 5 nitrogen and oxygen atoms in total. The van der Waals surface area contributed by atoms with Gasteiger partial charge in [0.05, 0.1) is 25.3 Å². The third-order valence-electron chi connectivity index (χ3n) is 2.71. The molecule has 1 aromatic rings. The highest BCUT2D eigenvalue weighted by molar-refractivity contribution is 5.74. The standard InChI is InChI=1S/C13H19NO4/c1-13(2,12(15)16)8-14-10-6-5-9(17-3)7-11(10)18-4/h5-7,14H,8H2,1-4H3,(H,15,16). The molecule has 1 rings (SSSR count). The molecule has 0 aliphatic carbocycles. The van der Waals surface area contributed by atoms with Gasteiger partial charge in [-0.2, -0.15) is 0 Å². The lowest BCUT2D eigenvalue weighted by atomic mass is 9.94. The fourth-order valence-corrected chi connectivity index (χ4v) is 1.34. The van der Waals surface area contributed by atoms with Crippen molar-refractivity contribution in [3.63, 3.8) is 0 Å². The number of methoxy groups -OCH3 is 2. The summed E-state index contributed by atoms with van der Waals surface area (Å²) in [5, 5.41) is 12.1. The van der Waals surface area contributed by atoms with E-state index in [1.807, 2.05) is 0 Å². The molecule has 5 heteroatoms. The Morgan fingerprint density at radius 2 is 2.00 bits per heavy atom. The zero-order valence-corrected chi connectivity index (χ0v) is 11.1. The second-order valence-electron chi connectivity index (χ2n) is 4.61. The molecule has 0 aliphatic heterocycles. The van der Waals surface area contributed by atoms with Gasteiger partial charge < -0.3 is 19.9 Å². The van der Waals surface area contributed by atoms with Crippen molar-refractivity contribution in [2.75, 3.05) is 26.1 Å². The van der Waals surface area contributed by atoms with Crippen LogP contribution in [-0.2, 0) is 4.79 Å². The molecule has 0 bridgehead atoms. The van der Waals surface area contributed by atoms with Crippen LogP contribution >= 0.6 is 0 Å². The Morgan fingerprint density at radius 3 is 2.50 bits per heavy atom. The number of nitrogens with one attached hydrogen (secondary N) is 1. The maximum Gasteiger partial charge on any atom is 0.310 e. The number of benzene rings is 1. The van der Waals surface area contributed by atoms with Crippen LogP contribution in [0.3, 0.4) is 0 Å². The summed E-state index contributed by atoms with van der Waals surface area (Å²) < 4.78 is 10.3. The van der Waals surface area contributed by atoms with Gasteiger partial charge in [0.15, 0.2) is 0 Å². The average Bonchev–Trinajstić information content (AvgIpc) is 2.35. The molecule has 0 heterocycles. The van der Waals surface area contributed by atoms with E-state index in [0.717, 1.165) is 5.69 Å². The van der Waals surface area contributed by atoms with Gasteiger partial charge in [-0.25, -0.2) is 0 Å². The lowest BCUT2D eigenvalue weighted by Crippen LogP contribution is -2.31. The predicted molar refractivity (Wildman–Crippen MR) is 69.5 cm³/mol. The topological polar surface area (TPSA) is 67.8 Å². The molecule has 0 saturated heterocycles. The molecular weight excluding hydrogens is 234 g/mol. The zero-order chi connectivity index (χ0) is 13.8. The smallest absolute Gasteiger partial charge is 0.310 e. The van der Waals surface area contributed by atoms with Crippen LogP contribution in [0.5, 0.6) is 11.5 Å². The highest BCUT2D eigenvalue weighted by atomic mass is 16.5. The minimum Gasteiger partial charge on any atom is -0.497 e. The van der Waals surface area contributed by atoms with Crippen LogP contribution in [0.2, 0.25) is 0 Å². The second kappa shape index (κ2) is 5.62. The van der Waals surface area contributed by atoms with Crippen molar-refractivity contribution in [2.45, 2.75) is 13.8 Å². The summed E-state index contributed by atoms with van der Waals surface area (Å²) in [6.45, 7) is 3.64. The largest absolute Gasteiger partial charge is 0.497 e. The Kier molecular flexibility index (Phi) is 4.42. The lowest BCUT2D eigenvalue weighted by molar-refractivity contribution is -0.146. The Balaban J connectivity index is 2.82. The van der Waals surface area contributed by atoms with Crippen molar-refractivity contribution in [1.29, 1.82) is 0 Å². The Labute approximate surface area is 107 Å². The summed E-state index contributed by atoms with van der Waals surface area (Å²) in [6.07, 6.45) is 0. The van der Waals surface area contributed by atoms with Crippen LogP contribution in [-0.4, -0.2) is 31.8 Å². The predicted octanol–water partition coefficient (Wildman–Crippen LogP) is 2.23. The average molecular weight is 253 g/mol. The number of carbonyl (C=O) groups is 1. The van der Waals surface area contributed by atoms with Crippen LogP contribution in [0.25, 0.3) is 0 Å². The first-order chi connectivity index (χ1) is 8.40. The van der Waals surface area contributed by atoms with Crippen molar-refractivity contribution >= 4 is 11.7 Å². The normalized spacial score (nSPS) is 10.9. The molecule has 0 amide bonds. The maximum absolute atomic E-state index is 11.0. The van der Waals surface area contributed by atoms with Gasteiger partial charge in [0.2, 0.25) is 0 Å². The molecule has 0 aromatic heterocycles. The fourth-order valence-electron chi connectivity index (χ4n) is 1.34. The van der Waals surface area contributed by atoms with Gasteiger partial charge in [0.1, 0.15) is 11.5 Å². The molecule has 100 valence electrons. The van der Waals surface area contributed by atoms with E-state index >= 15 is 0 Å². The van der Waals surface area contributed by atoms with E-state index in [2.05, 4.69) is 5.32 Å². The molecule has 0 saturated carbocycles.